The Balaban J connectivity index is 1.67. The second-order valence-corrected chi connectivity index (χ2v) is 8.57. The maximum atomic E-state index is 13.1. The Morgan fingerprint density at radius 1 is 1.07 bits per heavy atom. The van der Waals surface area contributed by atoms with E-state index in [1.165, 1.54) is 35.6 Å². The number of hydrogen-bond donors (Lipinski definition) is 2. The van der Waals surface area contributed by atoms with Crippen LogP contribution in [0.4, 0.5) is 4.39 Å². The summed E-state index contributed by atoms with van der Waals surface area (Å²) in [4.78, 5) is 1.31. The summed E-state index contributed by atoms with van der Waals surface area (Å²) >= 11 is 0. The van der Waals surface area contributed by atoms with E-state index in [9.17, 15) is 17.9 Å². The van der Waals surface area contributed by atoms with Crippen LogP contribution in [0.15, 0.2) is 41.3 Å². The standard InChI is InChI=1S/C19H23FN2O5S/c1-26-17-11-14(12-18(27-2)19(17)23)13-21-7-9-22(10-8-21)28(24,25)16-5-3-15(20)4-6-16/h3-6,11-12,23H,7-10,13H2,1-2H3/p+1. The molecule has 1 fully saturated rings. The number of quaternary nitrogens is 1. The van der Waals surface area contributed by atoms with Crippen LogP contribution in [-0.4, -0.2) is 58.2 Å². The Labute approximate surface area is 164 Å². The molecule has 3 rings (SSSR count). The van der Waals surface area contributed by atoms with Crippen LogP contribution in [-0.2, 0) is 16.6 Å². The van der Waals surface area contributed by atoms with Crippen molar-refractivity contribution in [2.75, 3.05) is 40.4 Å². The fourth-order valence-electron chi connectivity index (χ4n) is 3.31. The van der Waals surface area contributed by atoms with Crippen molar-refractivity contribution in [3.05, 3.63) is 47.8 Å². The SMILES string of the molecule is COc1cc(C[NH+]2CCN(S(=O)(=O)c3ccc(F)cc3)CC2)cc(OC)c1O. The highest BCUT2D eigenvalue weighted by Gasteiger charge is 2.30. The molecule has 152 valence electrons. The molecule has 0 aliphatic carbocycles. The van der Waals surface area contributed by atoms with Crippen LogP contribution in [0.5, 0.6) is 17.2 Å². The minimum Gasteiger partial charge on any atom is -0.502 e. The number of phenolic OH excluding ortho intramolecular Hbond substituents is 1. The number of halogens is 1. The van der Waals surface area contributed by atoms with Crippen molar-refractivity contribution in [1.82, 2.24) is 4.31 Å². The molecule has 0 saturated carbocycles. The topological polar surface area (TPSA) is 80.5 Å². The highest BCUT2D eigenvalue weighted by Crippen LogP contribution is 2.36. The van der Waals surface area contributed by atoms with Gasteiger partial charge >= 0.3 is 0 Å². The molecule has 1 aliphatic rings. The summed E-state index contributed by atoms with van der Waals surface area (Å²) in [7, 11) is -0.669. The minimum atomic E-state index is -3.62. The van der Waals surface area contributed by atoms with Crippen molar-refractivity contribution in [2.24, 2.45) is 0 Å². The zero-order chi connectivity index (χ0) is 20.3. The monoisotopic (exact) mass is 411 g/mol. The number of hydrogen-bond acceptors (Lipinski definition) is 5. The summed E-state index contributed by atoms with van der Waals surface area (Å²) in [6.45, 7) is 2.66. The fourth-order valence-corrected chi connectivity index (χ4v) is 4.76. The van der Waals surface area contributed by atoms with E-state index >= 15 is 0 Å². The van der Waals surface area contributed by atoms with Crippen LogP contribution >= 0.6 is 0 Å². The second-order valence-electron chi connectivity index (χ2n) is 6.63. The number of benzene rings is 2. The molecular weight excluding hydrogens is 387 g/mol. The third kappa shape index (κ3) is 4.21. The molecule has 0 atom stereocenters. The average Bonchev–Trinajstić information content (AvgIpc) is 2.70. The molecule has 0 amide bonds. The molecule has 7 nitrogen and oxygen atoms in total. The smallest absolute Gasteiger partial charge is 0.243 e. The lowest BCUT2D eigenvalue weighted by atomic mass is 10.1. The average molecular weight is 411 g/mol. The number of aromatic hydroxyl groups is 1. The Morgan fingerprint density at radius 3 is 2.11 bits per heavy atom. The number of nitrogens with zero attached hydrogens (tertiary/aromatic N) is 1. The van der Waals surface area contributed by atoms with Crippen LogP contribution in [0.2, 0.25) is 0 Å². The van der Waals surface area contributed by atoms with Gasteiger partial charge in [-0.25, -0.2) is 12.8 Å². The van der Waals surface area contributed by atoms with Gasteiger partial charge in [-0.05, 0) is 36.4 Å². The predicted octanol–water partition coefficient (Wildman–Crippen LogP) is 0.638. The molecular formula is C19H24FN2O5S+. The maximum absolute atomic E-state index is 13.1. The van der Waals surface area contributed by atoms with Gasteiger partial charge in [0.05, 0.1) is 45.3 Å². The van der Waals surface area contributed by atoms with E-state index in [0.717, 1.165) is 17.7 Å². The third-order valence-electron chi connectivity index (χ3n) is 4.87. The zero-order valence-corrected chi connectivity index (χ0v) is 16.6. The van der Waals surface area contributed by atoms with Crippen LogP contribution in [0.1, 0.15) is 5.56 Å². The molecule has 0 spiro atoms. The molecule has 0 bridgehead atoms. The number of methoxy groups -OCH3 is 2. The lowest BCUT2D eigenvalue weighted by molar-refractivity contribution is -0.917. The van der Waals surface area contributed by atoms with Crippen molar-refractivity contribution in [2.45, 2.75) is 11.4 Å². The number of phenols is 1. The molecule has 1 aliphatic heterocycles. The van der Waals surface area contributed by atoms with Crippen LogP contribution in [0.3, 0.4) is 0 Å². The van der Waals surface area contributed by atoms with Gasteiger partial charge in [-0.15, -0.1) is 0 Å². The van der Waals surface area contributed by atoms with Gasteiger partial charge in [0.2, 0.25) is 15.8 Å². The Bertz CT molecular complexity index is 901. The Hall–Kier alpha value is -2.36. The molecule has 0 aromatic heterocycles. The minimum absolute atomic E-state index is 0.0426. The lowest BCUT2D eigenvalue weighted by Crippen LogP contribution is -3.13. The summed E-state index contributed by atoms with van der Waals surface area (Å²) in [5.41, 5.74) is 0.927. The third-order valence-corrected chi connectivity index (χ3v) is 6.79. The first-order chi connectivity index (χ1) is 13.3. The zero-order valence-electron chi connectivity index (χ0n) is 15.8. The van der Waals surface area contributed by atoms with E-state index in [2.05, 4.69) is 0 Å². The molecule has 2 aromatic rings. The van der Waals surface area contributed by atoms with E-state index in [4.69, 9.17) is 9.47 Å². The quantitative estimate of drug-likeness (QED) is 0.729. The Kier molecular flexibility index (Phi) is 6.07. The highest BCUT2D eigenvalue weighted by atomic mass is 32.2. The number of rotatable bonds is 6. The van der Waals surface area contributed by atoms with Gasteiger partial charge < -0.3 is 19.5 Å². The van der Waals surface area contributed by atoms with Crippen molar-refractivity contribution in [3.63, 3.8) is 0 Å². The molecule has 0 unspecified atom stereocenters. The molecule has 2 N–H and O–H groups in total. The molecule has 1 heterocycles. The van der Waals surface area contributed by atoms with Crippen molar-refractivity contribution in [3.8, 4) is 17.2 Å². The molecule has 1 saturated heterocycles. The largest absolute Gasteiger partial charge is 0.502 e. The normalized spacial score (nSPS) is 16.1. The van der Waals surface area contributed by atoms with E-state index in [1.54, 1.807) is 12.1 Å². The maximum Gasteiger partial charge on any atom is 0.243 e. The summed E-state index contributed by atoms with van der Waals surface area (Å²) in [5, 5.41) is 10.0. The van der Waals surface area contributed by atoms with Crippen LogP contribution < -0.4 is 14.4 Å². The first kappa shape index (κ1) is 20.4. The first-order valence-electron chi connectivity index (χ1n) is 8.88. The summed E-state index contributed by atoms with van der Waals surface area (Å²) in [6, 6.07) is 8.40. The lowest BCUT2D eigenvalue weighted by Gasteiger charge is -2.31. The second kappa shape index (κ2) is 8.34. The number of sulfonamides is 1. The van der Waals surface area contributed by atoms with Crippen LogP contribution in [0, 0.1) is 5.82 Å². The van der Waals surface area contributed by atoms with E-state index in [0.29, 0.717) is 44.2 Å². The van der Waals surface area contributed by atoms with Gasteiger partial charge in [0.1, 0.15) is 12.4 Å². The Morgan fingerprint density at radius 2 is 1.61 bits per heavy atom. The van der Waals surface area contributed by atoms with E-state index in [-0.39, 0.29) is 10.6 Å². The number of ether oxygens (including phenoxy) is 2. The molecule has 0 radical (unpaired) electrons. The molecule has 2 aromatic carbocycles. The summed E-state index contributed by atoms with van der Waals surface area (Å²) in [6.07, 6.45) is 0. The predicted molar refractivity (Wildman–Crippen MR) is 101 cm³/mol. The first-order valence-corrected chi connectivity index (χ1v) is 10.3. The van der Waals surface area contributed by atoms with Gasteiger partial charge in [0, 0.05) is 5.56 Å². The van der Waals surface area contributed by atoms with Gasteiger partial charge in [-0.1, -0.05) is 0 Å². The van der Waals surface area contributed by atoms with E-state index < -0.39 is 15.8 Å². The van der Waals surface area contributed by atoms with Gasteiger partial charge in [-0.2, -0.15) is 4.31 Å². The summed E-state index contributed by atoms with van der Waals surface area (Å²) in [5.74, 6) is 0.171. The number of piperazine rings is 1. The van der Waals surface area contributed by atoms with E-state index in [1.807, 2.05) is 0 Å². The number of nitrogens with one attached hydrogen (secondary N) is 1. The summed E-state index contributed by atoms with van der Waals surface area (Å²) < 4.78 is 50.3. The van der Waals surface area contributed by atoms with Gasteiger partial charge in [0.25, 0.3) is 0 Å². The fraction of sp³-hybridized carbons (Fsp3) is 0.368. The molecule has 28 heavy (non-hydrogen) atoms. The van der Waals surface area contributed by atoms with Gasteiger partial charge in [-0.3, -0.25) is 0 Å². The highest BCUT2D eigenvalue weighted by molar-refractivity contribution is 7.89. The van der Waals surface area contributed by atoms with Crippen molar-refractivity contribution < 1.29 is 32.3 Å². The van der Waals surface area contributed by atoms with Gasteiger partial charge in [0.15, 0.2) is 11.5 Å². The molecule has 9 heteroatoms. The van der Waals surface area contributed by atoms with Crippen molar-refractivity contribution >= 4 is 10.0 Å². The van der Waals surface area contributed by atoms with Crippen molar-refractivity contribution in [1.29, 1.82) is 0 Å². The van der Waals surface area contributed by atoms with Crippen LogP contribution in [0.25, 0.3) is 0 Å².